The molecule has 53 heavy (non-hydrogen) atoms. The van der Waals surface area contributed by atoms with Crippen LogP contribution in [-0.2, 0) is 33.4 Å². The van der Waals surface area contributed by atoms with Gasteiger partial charge in [-0.25, -0.2) is 9.59 Å². The molecule has 0 saturated heterocycles. The summed E-state index contributed by atoms with van der Waals surface area (Å²) in [6.45, 7) is 11.1. The molecule has 2 aromatic carbocycles. The number of fused-ring (bicyclic) bond motifs is 4. The number of ketones is 4. The lowest BCUT2D eigenvalue weighted by molar-refractivity contribution is -0.152. The monoisotopic (exact) mass is 722 g/mol. The van der Waals surface area contributed by atoms with Crippen molar-refractivity contribution in [1.82, 2.24) is 0 Å². The van der Waals surface area contributed by atoms with Crippen molar-refractivity contribution in [2.75, 3.05) is 13.7 Å². The SMILES string of the molecule is CCC(OC)C(=O)CC(C)C1=CC(=O)C2(C)C3=C(C(=O)CC12C)C1(C)CCC(OC(=O)c2ccccc2)C(C)(COC(=O)c2ccccc2)C1CC3=O. The van der Waals surface area contributed by atoms with Crippen LogP contribution in [0.15, 0.2) is 83.5 Å². The van der Waals surface area contributed by atoms with Gasteiger partial charge in [0.2, 0.25) is 0 Å². The van der Waals surface area contributed by atoms with Gasteiger partial charge in [0.05, 0.1) is 16.5 Å². The van der Waals surface area contributed by atoms with E-state index in [0.717, 1.165) is 0 Å². The summed E-state index contributed by atoms with van der Waals surface area (Å²) in [7, 11) is 1.50. The Hall–Kier alpha value is -4.50. The third-order valence-electron chi connectivity index (χ3n) is 13.4. The van der Waals surface area contributed by atoms with Crippen molar-refractivity contribution < 1.29 is 43.0 Å². The van der Waals surface area contributed by atoms with Crippen molar-refractivity contribution in [2.45, 2.75) is 92.3 Å². The van der Waals surface area contributed by atoms with Gasteiger partial charge < -0.3 is 14.2 Å². The number of allylic oxidation sites excluding steroid dienone is 4. The van der Waals surface area contributed by atoms with E-state index in [0.29, 0.717) is 41.5 Å². The standard InChI is InChI=1S/C44H50O9/c1-8-33(51-7)30(45)21-26(2)29-22-35(48)44(6)38-31(46)23-34-41(3,37(38)32(47)24-43(29,44)5)20-19-36(53-40(50)28-17-13-10-14-18-28)42(34,4)25-52-39(49)27-15-11-9-12-16-27/h9-18,22,26,33-34,36H,8,19-21,23-25H2,1-7H3. The van der Waals surface area contributed by atoms with E-state index in [2.05, 4.69) is 0 Å². The van der Waals surface area contributed by atoms with Crippen LogP contribution < -0.4 is 0 Å². The fourth-order valence-corrected chi connectivity index (χ4v) is 10.2. The number of ether oxygens (including phenoxy) is 3. The molecule has 0 heterocycles. The Morgan fingerprint density at radius 3 is 2.04 bits per heavy atom. The van der Waals surface area contributed by atoms with E-state index >= 15 is 0 Å². The van der Waals surface area contributed by atoms with E-state index in [-0.39, 0.29) is 60.5 Å². The zero-order valence-corrected chi connectivity index (χ0v) is 31.8. The lowest BCUT2D eigenvalue weighted by Crippen LogP contribution is -2.62. The first kappa shape index (κ1) is 38.2. The molecule has 8 unspecified atom stereocenters. The van der Waals surface area contributed by atoms with E-state index in [1.54, 1.807) is 73.7 Å². The van der Waals surface area contributed by atoms with Crippen LogP contribution in [0, 0.1) is 33.5 Å². The molecule has 1 fully saturated rings. The highest BCUT2D eigenvalue weighted by atomic mass is 16.6. The van der Waals surface area contributed by atoms with Gasteiger partial charge in [0.25, 0.3) is 0 Å². The quantitative estimate of drug-likeness (QED) is 0.220. The highest BCUT2D eigenvalue weighted by Crippen LogP contribution is 2.69. The predicted octanol–water partition coefficient (Wildman–Crippen LogP) is 7.28. The molecule has 2 aromatic rings. The number of Topliss-reactive ketones (excluding diaryl/α,β-unsaturated/α-hetero) is 3. The van der Waals surface area contributed by atoms with Gasteiger partial charge in [-0.15, -0.1) is 0 Å². The fraction of sp³-hybridized carbons (Fsp3) is 0.500. The number of hydrogen-bond donors (Lipinski definition) is 0. The largest absolute Gasteiger partial charge is 0.461 e. The van der Waals surface area contributed by atoms with Gasteiger partial charge in [-0.3, -0.25) is 19.2 Å². The molecule has 0 amide bonds. The number of carbonyl (C=O) groups excluding carboxylic acids is 6. The first-order chi connectivity index (χ1) is 25.1. The maximum Gasteiger partial charge on any atom is 0.338 e. The van der Waals surface area contributed by atoms with E-state index in [4.69, 9.17) is 14.2 Å². The van der Waals surface area contributed by atoms with Gasteiger partial charge in [0.1, 0.15) is 18.8 Å². The highest BCUT2D eigenvalue weighted by molar-refractivity contribution is 6.19. The molecule has 4 aliphatic rings. The molecule has 0 aliphatic heterocycles. The average Bonchev–Trinajstić information content (AvgIpc) is 3.35. The molecule has 9 nitrogen and oxygen atoms in total. The summed E-state index contributed by atoms with van der Waals surface area (Å²) < 4.78 is 17.6. The van der Waals surface area contributed by atoms with Crippen LogP contribution in [0.3, 0.4) is 0 Å². The second-order valence-electron chi connectivity index (χ2n) is 16.3. The highest BCUT2D eigenvalue weighted by Gasteiger charge is 2.69. The minimum absolute atomic E-state index is 0.00163. The molecular weight excluding hydrogens is 672 g/mol. The van der Waals surface area contributed by atoms with Crippen LogP contribution in [0.4, 0.5) is 0 Å². The van der Waals surface area contributed by atoms with Crippen LogP contribution >= 0.6 is 0 Å². The summed E-state index contributed by atoms with van der Waals surface area (Å²) in [5.41, 5.74) is -2.23. The molecule has 0 aromatic heterocycles. The lowest BCUT2D eigenvalue weighted by Gasteiger charge is -2.60. The molecular formula is C44H50O9. The van der Waals surface area contributed by atoms with E-state index in [9.17, 15) is 28.8 Å². The number of hydrogen-bond acceptors (Lipinski definition) is 9. The number of esters is 2. The zero-order valence-electron chi connectivity index (χ0n) is 31.8. The summed E-state index contributed by atoms with van der Waals surface area (Å²) in [5.74, 6) is -2.82. The maximum absolute atomic E-state index is 14.8. The summed E-state index contributed by atoms with van der Waals surface area (Å²) in [6.07, 6.45) is 1.66. The van der Waals surface area contributed by atoms with Crippen LogP contribution in [0.25, 0.3) is 0 Å². The van der Waals surface area contributed by atoms with Crippen LogP contribution in [0.2, 0.25) is 0 Å². The molecule has 0 radical (unpaired) electrons. The molecule has 280 valence electrons. The Morgan fingerprint density at radius 2 is 1.45 bits per heavy atom. The van der Waals surface area contributed by atoms with Gasteiger partial charge in [0, 0.05) is 53.8 Å². The number of methoxy groups -OCH3 is 1. The first-order valence-corrected chi connectivity index (χ1v) is 18.7. The Kier molecular flexibility index (Phi) is 10.1. The minimum atomic E-state index is -1.31. The summed E-state index contributed by atoms with van der Waals surface area (Å²) in [6, 6.07) is 17.2. The van der Waals surface area contributed by atoms with Crippen LogP contribution in [0.1, 0.15) is 101 Å². The van der Waals surface area contributed by atoms with Crippen LogP contribution in [0.5, 0.6) is 0 Å². The smallest absolute Gasteiger partial charge is 0.338 e. The Labute approximate surface area is 311 Å². The molecule has 0 N–H and O–H groups in total. The molecule has 6 rings (SSSR count). The summed E-state index contributed by atoms with van der Waals surface area (Å²) in [4.78, 5) is 83.7. The van der Waals surface area contributed by atoms with Crippen molar-refractivity contribution >= 4 is 35.1 Å². The number of carbonyl (C=O) groups is 6. The fourth-order valence-electron chi connectivity index (χ4n) is 10.2. The maximum atomic E-state index is 14.8. The van der Waals surface area contributed by atoms with Gasteiger partial charge in [-0.05, 0) is 68.4 Å². The molecule has 0 spiro atoms. The third kappa shape index (κ3) is 6.05. The van der Waals surface area contributed by atoms with Crippen molar-refractivity contribution in [3.63, 3.8) is 0 Å². The van der Waals surface area contributed by atoms with E-state index < -0.39 is 51.7 Å². The van der Waals surface area contributed by atoms with Gasteiger partial charge in [0.15, 0.2) is 23.1 Å². The van der Waals surface area contributed by atoms with E-state index in [1.165, 1.54) is 7.11 Å². The van der Waals surface area contributed by atoms with Crippen molar-refractivity contribution in [3.8, 4) is 0 Å². The van der Waals surface area contributed by atoms with Crippen molar-refractivity contribution in [1.29, 1.82) is 0 Å². The normalized spacial score (nSPS) is 31.8. The van der Waals surface area contributed by atoms with E-state index in [1.807, 2.05) is 34.6 Å². The predicted molar refractivity (Wildman–Crippen MR) is 197 cm³/mol. The third-order valence-corrected chi connectivity index (χ3v) is 13.4. The molecule has 9 heteroatoms. The Balaban J connectivity index is 1.39. The zero-order chi connectivity index (χ0) is 38.5. The van der Waals surface area contributed by atoms with Crippen LogP contribution in [-0.4, -0.2) is 61.0 Å². The molecule has 1 saturated carbocycles. The Morgan fingerprint density at radius 1 is 0.849 bits per heavy atom. The average molecular weight is 723 g/mol. The molecule has 0 bridgehead atoms. The van der Waals surface area contributed by atoms with Gasteiger partial charge >= 0.3 is 11.9 Å². The van der Waals surface area contributed by atoms with Crippen molar-refractivity contribution in [3.05, 3.63) is 94.6 Å². The van der Waals surface area contributed by atoms with Gasteiger partial charge in [-0.2, -0.15) is 0 Å². The van der Waals surface area contributed by atoms with Crippen molar-refractivity contribution in [2.24, 2.45) is 33.5 Å². The first-order valence-electron chi connectivity index (χ1n) is 18.7. The molecule has 4 aliphatic carbocycles. The number of rotatable bonds is 11. The summed E-state index contributed by atoms with van der Waals surface area (Å²) in [5, 5.41) is 0. The molecule has 8 atom stereocenters. The topological polar surface area (TPSA) is 130 Å². The second-order valence-corrected chi connectivity index (χ2v) is 16.3. The summed E-state index contributed by atoms with van der Waals surface area (Å²) >= 11 is 0. The second kappa shape index (κ2) is 14.0. The Bertz CT molecular complexity index is 1910. The lowest BCUT2D eigenvalue weighted by atomic mass is 9.42. The minimum Gasteiger partial charge on any atom is -0.461 e. The number of benzene rings is 2. The van der Waals surface area contributed by atoms with Gasteiger partial charge in [-0.1, -0.05) is 76.6 Å².